The van der Waals surface area contributed by atoms with Crippen molar-refractivity contribution in [1.82, 2.24) is 19.2 Å². The van der Waals surface area contributed by atoms with Crippen LogP contribution in [0.3, 0.4) is 0 Å². The molecule has 0 bridgehead atoms. The quantitative estimate of drug-likeness (QED) is 0.349. The second-order valence-corrected chi connectivity index (χ2v) is 8.24. The maximum Gasteiger partial charge on any atom is 0.416 e. The largest absolute Gasteiger partial charge is 0.480 e. The SMILES string of the molecule is O=c1n(Cc2ccc(C(F)(F)F)cc2)nc2c(-c3ccccc3)c(-c3ccc(Cl)cc3)nc(O)n12. The molecule has 2 aromatic heterocycles. The molecular weight excluding hydrogens is 481 g/mol. The van der Waals surface area contributed by atoms with Crippen molar-refractivity contribution in [3.63, 3.8) is 0 Å². The fourth-order valence-electron chi connectivity index (χ4n) is 3.82. The summed E-state index contributed by atoms with van der Waals surface area (Å²) in [4.78, 5) is 17.4. The van der Waals surface area contributed by atoms with Crippen LogP contribution < -0.4 is 5.69 Å². The Labute approximate surface area is 201 Å². The normalized spacial score (nSPS) is 11.8. The maximum absolute atomic E-state index is 13.1. The van der Waals surface area contributed by atoms with Gasteiger partial charge in [-0.2, -0.15) is 22.6 Å². The Hall–Kier alpha value is -4.11. The monoisotopic (exact) mass is 496 g/mol. The summed E-state index contributed by atoms with van der Waals surface area (Å²) in [5, 5.41) is 15.6. The van der Waals surface area contributed by atoms with Gasteiger partial charge >= 0.3 is 17.9 Å². The van der Waals surface area contributed by atoms with Crippen LogP contribution >= 0.6 is 11.6 Å². The highest BCUT2D eigenvalue weighted by molar-refractivity contribution is 6.30. The summed E-state index contributed by atoms with van der Waals surface area (Å²) >= 11 is 6.02. The van der Waals surface area contributed by atoms with Gasteiger partial charge in [0.25, 0.3) is 0 Å². The number of halogens is 4. The summed E-state index contributed by atoms with van der Waals surface area (Å²) in [5.41, 5.74) is 1.39. The van der Waals surface area contributed by atoms with Gasteiger partial charge in [-0.15, -0.1) is 5.10 Å². The molecule has 0 radical (unpaired) electrons. The lowest BCUT2D eigenvalue weighted by atomic mass is 10.0. The zero-order valence-electron chi connectivity index (χ0n) is 17.9. The standard InChI is InChI=1S/C25H16ClF3N4O2/c26-19-12-8-17(9-13-19)21-20(16-4-2-1-3-5-16)22-31-32(24(35)33(22)23(34)30-21)14-15-6-10-18(11-7-15)25(27,28)29/h1-13H,14H2,(H,30,34). The summed E-state index contributed by atoms with van der Waals surface area (Å²) in [6.07, 6.45) is -4.46. The third-order valence-corrected chi connectivity index (χ3v) is 5.76. The van der Waals surface area contributed by atoms with E-state index in [0.29, 0.717) is 33.0 Å². The molecule has 0 spiro atoms. The number of fused-ring (bicyclic) bond motifs is 1. The molecule has 5 aromatic rings. The smallest absolute Gasteiger partial charge is 0.416 e. The Morgan fingerprint density at radius 2 is 1.54 bits per heavy atom. The van der Waals surface area contributed by atoms with Crippen LogP contribution in [0.5, 0.6) is 6.01 Å². The highest BCUT2D eigenvalue weighted by atomic mass is 35.5. The summed E-state index contributed by atoms with van der Waals surface area (Å²) in [5.74, 6) is 0. The van der Waals surface area contributed by atoms with Crippen molar-refractivity contribution in [2.24, 2.45) is 0 Å². The van der Waals surface area contributed by atoms with Crippen LogP contribution in [-0.2, 0) is 12.7 Å². The van der Waals surface area contributed by atoms with Gasteiger partial charge in [-0.3, -0.25) is 0 Å². The molecule has 0 atom stereocenters. The van der Waals surface area contributed by atoms with E-state index in [1.54, 1.807) is 24.3 Å². The van der Waals surface area contributed by atoms with E-state index >= 15 is 0 Å². The summed E-state index contributed by atoms with van der Waals surface area (Å²) in [6, 6.07) is 19.9. The zero-order chi connectivity index (χ0) is 24.7. The molecule has 1 N–H and O–H groups in total. The predicted octanol–water partition coefficient (Wildman–Crippen LogP) is 5.65. The molecule has 0 saturated carbocycles. The maximum atomic E-state index is 13.1. The molecule has 176 valence electrons. The van der Waals surface area contributed by atoms with Crippen molar-refractivity contribution in [3.05, 3.63) is 105 Å². The van der Waals surface area contributed by atoms with Gasteiger partial charge in [-0.05, 0) is 35.4 Å². The van der Waals surface area contributed by atoms with Crippen LogP contribution in [0.1, 0.15) is 11.1 Å². The number of benzene rings is 3. The van der Waals surface area contributed by atoms with Crippen LogP contribution in [0.15, 0.2) is 83.7 Å². The van der Waals surface area contributed by atoms with Gasteiger partial charge in [0.1, 0.15) is 0 Å². The Balaban J connectivity index is 1.69. The fourth-order valence-corrected chi connectivity index (χ4v) is 3.95. The number of hydrogen-bond donors (Lipinski definition) is 1. The van der Waals surface area contributed by atoms with Crippen molar-refractivity contribution in [3.8, 4) is 28.4 Å². The fraction of sp³-hybridized carbons (Fsp3) is 0.0800. The number of aromatic hydroxyl groups is 1. The lowest BCUT2D eigenvalue weighted by Crippen LogP contribution is -2.22. The van der Waals surface area contributed by atoms with Crippen LogP contribution in [0.25, 0.3) is 28.0 Å². The minimum absolute atomic E-state index is 0.0946. The Kier molecular flexibility index (Phi) is 5.56. The number of nitrogens with zero attached hydrogens (tertiary/aromatic N) is 4. The van der Waals surface area contributed by atoms with Gasteiger partial charge in [0.15, 0.2) is 5.65 Å². The number of hydrogen-bond acceptors (Lipinski definition) is 4. The summed E-state index contributed by atoms with van der Waals surface area (Å²) < 4.78 is 40.7. The van der Waals surface area contributed by atoms with Crippen molar-refractivity contribution in [2.45, 2.75) is 12.7 Å². The molecule has 5 rings (SSSR count). The predicted molar refractivity (Wildman–Crippen MR) is 125 cm³/mol. The van der Waals surface area contributed by atoms with Gasteiger partial charge in [0, 0.05) is 10.6 Å². The van der Waals surface area contributed by atoms with E-state index in [9.17, 15) is 23.1 Å². The first kappa shape index (κ1) is 22.7. The number of rotatable bonds is 4. The van der Waals surface area contributed by atoms with Crippen LogP contribution in [0.4, 0.5) is 13.2 Å². The molecule has 0 saturated heterocycles. The van der Waals surface area contributed by atoms with Crippen molar-refractivity contribution >= 4 is 17.2 Å². The average molecular weight is 497 g/mol. The zero-order valence-corrected chi connectivity index (χ0v) is 18.6. The summed E-state index contributed by atoms with van der Waals surface area (Å²) in [6.45, 7) is -0.0946. The van der Waals surface area contributed by atoms with Crippen LogP contribution in [-0.4, -0.2) is 24.3 Å². The minimum Gasteiger partial charge on any atom is -0.480 e. The van der Waals surface area contributed by atoms with Crippen molar-refractivity contribution < 1.29 is 18.3 Å². The van der Waals surface area contributed by atoms with E-state index in [-0.39, 0.29) is 12.2 Å². The second-order valence-electron chi connectivity index (χ2n) is 7.80. The van der Waals surface area contributed by atoms with Crippen molar-refractivity contribution in [1.29, 1.82) is 0 Å². The Bertz CT molecular complexity index is 1580. The van der Waals surface area contributed by atoms with Gasteiger partial charge < -0.3 is 5.11 Å². The third kappa shape index (κ3) is 4.26. The first-order valence-electron chi connectivity index (χ1n) is 10.4. The molecule has 0 aliphatic carbocycles. The Morgan fingerprint density at radius 1 is 0.886 bits per heavy atom. The van der Waals surface area contributed by atoms with Gasteiger partial charge in [0.2, 0.25) is 0 Å². The molecular formula is C25H16ClF3N4O2. The molecule has 0 amide bonds. The van der Waals surface area contributed by atoms with Crippen LogP contribution in [0.2, 0.25) is 5.02 Å². The van der Waals surface area contributed by atoms with Crippen molar-refractivity contribution in [2.75, 3.05) is 0 Å². The number of alkyl halides is 3. The highest BCUT2D eigenvalue weighted by Gasteiger charge is 2.30. The van der Waals surface area contributed by atoms with E-state index in [1.165, 1.54) is 12.1 Å². The first-order chi connectivity index (χ1) is 16.7. The van der Waals surface area contributed by atoms with E-state index in [2.05, 4.69) is 10.1 Å². The Morgan fingerprint density at radius 3 is 2.17 bits per heavy atom. The van der Waals surface area contributed by atoms with E-state index < -0.39 is 23.4 Å². The topological polar surface area (TPSA) is 72.4 Å². The van der Waals surface area contributed by atoms with E-state index in [1.807, 2.05) is 30.3 Å². The average Bonchev–Trinajstić information content (AvgIpc) is 3.16. The molecule has 10 heteroatoms. The van der Waals surface area contributed by atoms with Gasteiger partial charge in [0.05, 0.1) is 23.4 Å². The second kappa shape index (κ2) is 8.59. The molecule has 6 nitrogen and oxygen atoms in total. The lowest BCUT2D eigenvalue weighted by Gasteiger charge is -2.11. The van der Waals surface area contributed by atoms with E-state index in [4.69, 9.17) is 11.6 Å². The van der Waals surface area contributed by atoms with E-state index in [0.717, 1.165) is 21.2 Å². The molecule has 2 heterocycles. The van der Waals surface area contributed by atoms with Gasteiger partial charge in [-0.25, -0.2) is 9.48 Å². The minimum atomic E-state index is -4.46. The molecule has 0 aliphatic rings. The third-order valence-electron chi connectivity index (χ3n) is 5.51. The van der Waals surface area contributed by atoms with Crippen LogP contribution in [0, 0.1) is 0 Å². The number of aromatic nitrogens is 4. The molecule has 0 aliphatic heterocycles. The molecule has 35 heavy (non-hydrogen) atoms. The first-order valence-corrected chi connectivity index (χ1v) is 10.8. The van der Waals surface area contributed by atoms with Gasteiger partial charge in [-0.1, -0.05) is 66.2 Å². The molecule has 0 fully saturated rings. The molecule has 3 aromatic carbocycles. The lowest BCUT2D eigenvalue weighted by molar-refractivity contribution is -0.137. The molecule has 0 unspecified atom stereocenters. The highest BCUT2D eigenvalue weighted by Crippen LogP contribution is 2.35. The summed E-state index contributed by atoms with van der Waals surface area (Å²) in [7, 11) is 0.